The molecule has 0 spiro atoms. The molecule has 2 aliphatic rings. The van der Waals surface area contributed by atoms with Gasteiger partial charge in [-0.2, -0.15) is 0 Å². The summed E-state index contributed by atoms with van der Waals surface area (Å²) in [4.78, 5) is 19.5. The van der Waals surface area contributed by atoms with Gasteiger partial charge in [-0.15, -0.1) is 0 Å². The van der Waals surface area contributed by atoms with E-state index < -0.39 is 5.82 Å². The molecule has 2 aromatic carbocycles. The second-order valence-corrected chi connectivity index (χ2v) is 7.73. The largest absolute Gasteiger partial charge is 0.486 e. The Labute approximate surface area is 181 Å². The fourth-order valence-electron chi connectivity index (χ4n) is 4.17. The minimum Gasteiger partial charge on any atom is -0.486 e. The van der Waals surface area contributed by atoms with Crippen LogP contribution in [0, 0.1) is 5.82 Å². The van der Waals surface area contributed by atoms with E-state index in [2.05, 4.69) is 4.98 Å². The number of hydrogen-bond donors (Lipinski definition) is 0. The average molecular weight is 436 g/mol. The molecule has 0 saturated heterocycles. The number of nitrogens with zero attached hydrogens (tertiary/aromatic N) is 3. The monoisotopic (exact) mass is 435 g/mol. The summed E-state index contributed by atoms with van der Waals surface area (Å²) in [6.07, 6.45) is 0.180. The molecule has 2 aromatic heterocycles. The Bertz CT molecular complexity index is 1360. The molecule has 31 heavy (non-hydrogen) atoms. The van der Waals surface area contributed by atoms with Crippen molar-refractivity contribution in [1.82, 2.24) is 9.38 Å². The standard InChI is InChI=1S/C23H15ClFN3O3/c24-15-4-2-5-16(25)21(15)22-23-27-13(3-1-6-19(27)26-22)12-20(29)28(23)14-7-8-17-18(11-14)31-10-9-30-17/h1-8,11H,9-10,12H2. The van der Waals surface area contributed by atoms with Crippen LogP contribution in [0.5, 0.6) is 11.5 Å². The molecule has 154 valence electrons. The maximum absolute atomic E-state index is 14.9. The Balaban J connectivity index is 1.64. The molecule has 0 bridgehead atoms. The van der Waals surface area contributed by atoms with Gasteiger partial charge in [0.05, 0.1) is 22.7 Å². The second kappa shape index (κ2) is 6.72. The van der Waals surface area contributed by atoms with Gasteiger partial charge < -0.3 is 9.47 Å². The van der Waals surface area contributed by atoms with Crippen LogP contribution in [0.1, 0.15) is 5.69 Å². The van der Waals surface area contributed by atoms with E-state index in [9.17, 15) is 9.18 Å². The molecule has 0 N–H and O–H groups in total. The first kappa shape index (κ1) is 18.2. The molecule has 0 saturated carbocycles. The van der Waals surface area contributed by atoms with Crippen molar-refractivity contribution in [2.75, 3.05) is 18.1 Å². The van der Waals surface area contributed by atoms with E-state index in [1.54, 1.807) is 29.2 Å². The predicted molar refractivity (Wildman–Crippen MR) is 114 cm³/mol. The highest BCUT2D eigenvalue weighted by Crippen LogP contribution is 2.44. The molecule has 8 heteroatoms. The van der Waals surface area contributed by atoms with Crippen LogP contribution in [-0.2, 0) is 11.2 Å². The second-order valence-electron chi connectivity index (χ2n) is 7.33. The van der Waals surface area contributed by atoms with Gasteiger partial charge in [0.2, 0.25) is 5.91 Å². The van der Waals surface area contributed by atoms with Crippen molar-refractivity contribution in [2.24, 2.45) is 0 Å². The van der Waals surface area contributed by atoms with Gasteiger partial charge in [0.25, 0.3) is 0 Å². The first-order valence-corrected chi connectivity index (χ1v) is 10.2. The zero-order valence-electron chi connectivity index (χ0n) is 16.1. The maximum Gasteiger partial charge on any atom is 0.238 e. The number of pyridine rings is 1. The van der Waals surface area contributed by atoms with Gasteiger partial charge >= 0.3 is 0 Å². The zero-order valence-corrected chi connectivity index (χ0v) is 16.9. The number of rotatable bonds is 2. The van der Waals surface area contributed by atoms with Gasteiger partial charge in [0.15, 0.2) is 17.3 Å². The first-order chi connectivity index (χ1) is 15.1. The Morgan fingerprint density at radius 1 is 1.00 bits per heavy atom. The Morgan fingerprint density at radius 3 is 2.65 bits per heavy atom. The van der Waals surface area contributed by atoms with Crippen molar-refractivity contribution < 1.29 is 18.7 Å². The van der Waals surface area contributed by atoms with Gasteiger partial charge in [-0.1, -0.05) is 23.7 Å². The molecule has 6 nitrogen and oxygen atoms in total. The highest BCUT2D eigenvalue weighted by atomic mass is 35.5. The van der Waals surface area contributed by atoms with E-state index >= 15 is 0 Å². The third kappa shape index (κ3) is 2.70. The summed E-state index contributed by atoms with van der Waals surface area (Å²) in [5, 5.41) is 0.223. The summed E-state index contributed by atoms with van der Waals surface area (Å²) in [5.41, 5.74) is 2.43. The van der Waals surface area contributed by atoms with Gasteiger partial charge in [-0.25, -0.2) is 9.37 Å². The molecule has 4 heterocycles. The number of anilines is 2. The number of imidazole rings is 1. The number of halogens is 2. The highest BCUT2D eigenvalue weighted by molar-refractivity contribution is 6.33. The number of carbonyl (C=O) groups is 1. The van der Waals surface area contributed by atoms with Gasteiger partial charge in [-0.05, 0) is 36.4 Å². The molecule has 0 unspecified atom stereocenters. The van der Waals surface area contributed by atoms with Gasteiger partial charge in [0.1, 0.15) is 30.4 Å². The SMILES string of the molecule is O=C1Cc2cccc3nc(-c4c(F)cccc4Cl)c(n23)N1c1ccc2c(c1)OCCO2. The van der Waals surface area contributed by atoms with Crippen molar-refractivity contribution in [3.8, 4) is 22.8 Å². The Hall–Kier alpha value is -3.58. The minimum atomic E-state index is -0.506. The van der Waals surface area contributed by atoms with Crippen molar-refractivity contribution in [3.05, 3.63) is 71.1 Å². The molecule has 1 amide bonds. The van der Waals surface area contributed by atoms with E-state index in [4.69, 9.17) is 21.1 Å². The normalized spacial score (nSPS) is 14.9. The van der Waals surface area contributed by atoms with Crippen LogP contribution < -0.4 is 14.4 Å². The minimum absolute atomic E-state index is 0.158. The topological polar surface area (TPSA) is 56.1 Å². The summed E-state index contributed by atoms with van der Waals surface area (Å²) in [5.74, 6) is 0.961. The predicted octanol–water partition coefficient (Wildman–Crippen LogP) is 4.79. The van der Waals surface area contributed by atoms with Crippen LogP contribution in [-0.4, -0.2) is 28.5 Å². The fraction of sp³-hybridized carbons (Fsp3) is 0.130. The lowest BCUT2D eigenvalue weighted by Crippen LogP contribution is -2.33. The lowest BCUT2D eigenvalue weighted by Gasteiger charge is -2.29. The summed E-state index contributed by atoms with van der Waals surface area (Å²) in [6, 6.07) is 15.3. The third-order valence-corrected chi connectivity index (χ3v) is 5.79. The highest BCUT2D eigenvalue weighted by Gasteiger charge is 2.34. The summed E-state index contributed by atoms with van der Waals surface area (Å²) in [6.45, 7) is 0.905. The number of hydrogen-bond acceptors (Lipinski definition) is 4. The zero-order chi connectivity index (χ0) is 21.1. The molecule has 4 aromatic rings. The van der Waals surface area contributed by atoms with E-state index in [-0.39, 0.29) is 22.9 Å². The van der Waals surface area contributed by atoms with Crippen molar-refractivity contribution in [2.45, 2.75) is 6.42 Å². The molecule has 2 aliphatic heterocycles. The number of amides is 1. The number of fused-ring (bicyclic) bond motifs is 1. The summed E-state index contributed by atoms with van der Waals surface area (Å²) in [7, 11) is 0. The molecule has 0 fully saturated rings. The lowest BCUT2D eigenvalue weighted by atomic mass is 10.1. The third-order valence-electron chi connectivity index (χ3n) is 5.48. The Kier molecular flexibility index (Phi) is 3.94. The smallest absolute Gasteiger partial charge is 0.238 e. The quantitative estimate of drug-likeness (QED) is 0.454. The average Bonchev–Trinajstić information content (AvgIpc) is 3.14. The molecular weight excluding hydrogens is 421 g/mol. The van der Waals surface area contributed by atoms with E-state index in [1.807, 2.05) is 22.6 Å². The van der Waals surface area contributed by atoms with Crippen molar-refractivity contribution in [1.29, 1.82) is 0 Å². The maximum atomic E-state index is 14.9. The van der Waals surface area contributed by atoms with Gasteiger partial charge in [-0.3, -0.25) is 14.1 Å². The Morgan fingerprint density at radius 2 is 1.81 bits per heavy atom. The van der Waals surface area contributed by atoms with Crippen LogP contribution in [0.3, 0.4) is 0 Å². The molecule has 0 aliphatic carbocycles. The van der Waals surface area contributed by atoms with E-state index in [0.717, 1.165) is 5.69 Å². The van der Waals surface area contributed by atoms with E-state index in [1.165, 1.54) is 12.1 Å². The van der Waals surface area contributed by atoms with Crippen LogP contribution >= 0.6 is 11.6 Å². The van der Waals surface area contributed by atoms with Crippen LogP contribution in [0.15, 0.2) is 54.6 Å². The van der Waals surface area contributed by atoms with Crippen molar-refractivity contribution in [3.63, 3.8) is 0 Å². The number of ether oxygens (including phenoxy) is 2. The number of carbonyl (C=O) groups excluding carboxylic acids is 1. The summed E-state index contributed by atoms with van der Waals surface area (Å²) < 4.78 is 28.1. The number of aromatic nitrogens is 2. The van der Waals surface area contributed by atoms with Gasteiger partial charge in [0, 0.05) is 11.8 Å². The fourth-order valence-corrected chi connectivity index (χ4v) is 4.42. The molecule has 0 radical (unpaired) electrons. The van der Waals surface area contributed by atoms with Crippen LogP contribution in [0.4, 0.5) is 15.9 Å². The van der Waals surface area contributed by atoms with E-state index in [0.29, 0.717) is 47.6 Å². The summed E-state index contributed by atoms with van der Waals surface area (Å²) >= 11 is 6.37. The lowest BCUT2D eigenvalue weighted by molar-refractivity contribution is -0.117. The molecular formula is C23H15ClFN3O3. The van der Waals surface area contributed by atoms with Crippen molar-refractivity contribution >= 4 is 34.7 Å². The van der Waals surface area contributed by atoms with Crippen LogP contribution in [0.2, 0.25) is 5.02 Å². The van der Waals surface area contributed by atoms with Crippen LogP contribution in [0.25, 0.3) is 16.9 Å². The first-order valence-electron chi connectivity index (χ1n) is 9.79. The number of benzene rings is 2. The molecule has 6 rings (SSSR count). The molecule has 0 atom stereocenters.